The monoisotopic (exact) mass is 124 g/mol. The van der Waals surface area contributed by atoms with Crippen molar-refractivity contribution in [3.63, 3.8) is 0 Å². The first kappa shape index (κ1) is 6.08. The van der Waals surface area contributed by atoms with Gasteiger partial charge in [-0.2, -0.15) is 0 Å². The minimum Gasteiger partial charge on any atom is -0.503 e. The van der Waals surface area contributed by atoms with Crippen molar-refractivity contribution in [2.24, 2.45) is 7.05 Å². The third-order valence-corrected chi connectivity index (χ3v) is 1.38. The Kier molecular flexibility index (Phi) is 1.39. The van der Waals surface area contributed by atoms with Crippen LogP contribution in [0.5, 0.6) is 5.75 Å². The van der Waals surface area contributed by atoms with E-state index in [-0.39, 0.29) is 0 Å². The van der Waals surface area contributed by atoms with Crippen LogP contribution in [0.15, 0.2) is 18.3 Å². The van der Waals surface area contributed by atoms with Crippen molar-refractivity contribution in [2.75, 3.05) is 0 Å². The summed E-state index contributed by atoms with van der Waals surface area (Å²) in [4.78, 5) is 0. The molecule has 1 aromatic heterocycles. The maximum Gasteiger partial charge on any atom is 0.210 e. The van der Waals surface area contributed by atoms with E-state index < -0.39 is 0 Å². The Morgan fingerprint density at radius 3 is 2.56 bits per heavy atom. The highest BCUT2D eigenvalue weighted by Gasteiger charge is 1.98. The van der Waals surface area contributed by atoms with Crippen molar-refractivity contribution in [1.29, 1.82) is 0 Å². The van der Waals surface area contributed by atoms with Gasteiger partial charge >= 0.3 is 0 Å². The number of rotatable bonds is 0. The number of nitrogens with zero attached hydrogens (tertiary/aromatic N) is 1. The Morgan fingerprint density at radius 2 is 2.11 bits per heavy atom. The Morgan fingerprint density at radius 1 is 1.44 bits per heavy atom. The first-order valence-corrected chi connectivity index (χ1v) is 2.85. The van der Waals surface area contributed by atoms with Crippen LogP contribution in [-0.4, -0.2) is 5.11 Å². The molecule has 1 rings (SSSR count). The predicted octanol–water partition coefficient (Wildman–Crippen LogP) is 0.525. The summed E-state index contributed by atoms with van der Waals surface area (Å²) < 4.78 is 1.87. The van der Waals surface area contributed by atoms with Gasteiger partial charge in [0.2, 0.25) is 6.20 Å². The van der Waals surface area contributed by atoms with Gasteiger partial charge in [-0.1, -0.05) is 0 Å². The van der Waals surface area contributed by atoms with Crippen LogP contribution in [0.1, 0.15) is 5.69 Å². The molecule has 9 heavy (non-hydrogen) atoms. The lowest BCUT2D eigenvalue weighted by molar-refractivity contribution is -0.678. The summed E-state index contributed by atoms with van der Waals surface area (Å²) in [7, 11) is 1.90. The summed E-state index contributed by atoms with van der Waals surface area (Å²) in [5.74, 6) is 0.308. The highest BCUT2D eigenvalue weighted by molar-refractivity contribution is 5.12. The van der Waals surface area contributed by atoms with Gasteiger partial charge in [0.05, 0.1) is 0 Å². The number of hydrogen-bond donors (Lipinski definition) is 1. The topological polar surface area (TPSA) is 24.1 Å². The number of pyridine rings is 1. The second-order valence-corrected chi connectivity index (χ2v) is 2.14. The van der Waals surface area contributed by atoms with E-state index in [4.69, 9.17) is 5.11 Å². The average Bonchev–Trinajstić information content (AvgIpc) is 1.80. The zero-order valence-corrected chi connectivity index (χ0v) is 5.63. The van der Waals surface area contributed by atoms with Crippen molar-refractivity contribution in [3.8, 4) is 5.75 Å². The first-order chi connectivity index (χ1) is 4.20. The molecule has 1 N–H and O–H groups in total. The highest BCUT2D eigenvalue weighted by atomic mass is 16.3. The summed E-state index contributed by atoms with van der Waals surface area (Å²) in [5.41, 5.74) is 1.13. The van der Waals surface area contributed by atoms with Crippen LogP contribution in [0.3, 0.4) is 0 Å². The third kappa shape index (κ3) is 1.19. The average molecular weight is 124 g/mol. The van der Waals surface area contributed by atoms with E-state index in [0.717, 1.165) is 5.69 Å². The molecule has 0 radical (unpaired) electrons. The van der Waals surface area contributed by atoms with Gasteiger partial charge in [0.25, 0.3) is 0 Å². The van der Waals surface area contributed by atoms with Crippen molar-refractivity contribution >= 4 is 0 Å². The molecule has 0 spiro atoms. The fraction of sp³-hybridized carbons (Fsp3) is 0.286. The summed E-state index contributed by atoms with van der Waals surface area (Å²) >= 11 is 0. The van der Waals surface area contributed by atoms with Crippen LogP contribution in [-0.2, 0) is 7.05 Å². The SMILES string of the molecule is Cc1ccc(O)c[n+]1C. The second-order valence-electron chi connectivity index (χ2n) is 2.14. The van der Waals surface area contributed by atoms with E-state index in [2.05, 4.69) is 0 Å². The molecule has 1 heterocycles. The smallest absolute Gasteiger partial charge is 0.210 e. The quantitative estimate of drug-likeness (QED) is 0.501. The molecule has 0 aliphatic carbocycles. The maximum atomic E-state index is 8.92. The first-order valence-electron chi connectivity index (χ1n) is 2.85. The van der Waals surface area contributed by atoms with Gasteiger partial charge in [-0.25, -0.2) is 4.57 Å². The van der Waals surface area contributed by atoms with Gasteiger partial charge in [-0.05, 0) is 6.07 Å². The van der Waals surface area contributed by atoms with Crippen LogP contribution in [0.4, 0.5) is 0 Å². The van der Waals surface area contributed by atoms with Crippen LogP contribution >= 0.6 is 0 Å². The van der Waals surface area contributed by atoms with Crippen LogP contribution in [0.2, 0.25) is 0 Å². The van der Waals surface area contributed by atoms with E-state index in [1.807, 2.05) is 24.6 Å². The summed E-state index contributed by atoms with van der Waals surface area (Å²) in [6.07, 6.45) is 1.68. The molecule has 0 aliphatic rings. The molecular weight excluding hydrogens is 114 g/mol. The molecule has 0 saturated carbocycles. The molecule has 1 aromatic rings. The fourth-order valence-corrected chi connectivity index (χ4v) is 0.667. The minimum atomic E-state index is 0.308. The molecule has 0 atom stereocenters. The van der Waals surface area contributed by atoms with E-state index in [9.17, 15) is 0 Å². The minimum absolute atomic E-state index is 0.308. The van der Waals surface area contributed by atoms with Crippen molar-refractivity contribution in [2.45, 2.75) is 6.92 Å². The predicted molar refractivity (Wildman–Crippen MR) is 34.0 cm³/mol. The standard InChI is InChI=1S/C7H9NO/c1-6-3-4-7(9)5-8(6)2/h3-5H,1-2H3/p+1. The molecule has 48 valence electrons. The Hall–Kier alpha value is -1.05. The largest absolute Gasteiger partial charge is 0.503 e. The van der Waals surface area contributed by atoms with Gasteiger partial charge in [0.1, 0.15) is 7.05 Å². The van der Waals surface area contributed by atoms with Crippen molar-refractivity contribution < 1.29 is 9.67 Å². The Bertz CT molecular complexity index is 220. The molecule has 0 aromatic carbocycles. The van der Waals surface area contributed by atoms with Crippen LogP contribution < -0.4 is 4.57 Å². The van der Waals surface area contributed by atoms with E-state index in [1.54, 1.807) is 12.3 Å². The summed E-state index contributed by atoms with van der Waals surface area (Å²) in [6.45, 7) is 1.99. The Balaban J connectivity index is 3.17. The van der Waals surface area contributed by atoms with Gasteiger partial charge < -0.3 is 5.11 Å². The zero-order valence-electron chi connectivity index (χ0n) is 5.63. The molecule has 0 bridgehead atoms. The molecule has 0 unspecified atom stereocenters. The number of aromatic hydroxyl groups is 1. The second kappa shape index (κ2) is 2.05. The molecule has 2 nitrogen and oxygen atoms in total. The molecule has 2 heteroatoms. The highest BCUT2D eigenvalue weighted by Crippen LogP contribution is 2.02. The lowest BCUT2D eigenvalue weighted by Gasteiger charge is -1.91. The van der Waals surface area contributed by atoms with Gasteiger partial charge in [0.15, 0.2) is 11.4 Å². The van der Waals surface area contributed by atoms with Crippen LogP contribution in [0.25, 0.3) is 0 Å². The zero-order chi connectivity index (χ0) is 6.85. The molecule has 0 saturated heterocycles. The molecular formula is C7H10NO+. The number of aryl methyl sites for hydroxylation is 2. The summed E-state index contributed by atoms with van der Waals surface area (Å²) in [5, 5.41) is 8.92. The van der Waals surface area contributed by atoms with Gasteiger partial charge in [-0.15, -0.1) is 0 Å². The molecule has 0 aliphatic heterocycles. The Labute approximate surface area is 54.4 Å². The van der Waals surface area contributed by atoms with Crippen LogP contribution in [0, 0.1) is 6.92 Å². The lowest BCUT2D eigenvalue weighted by Crippen LogP contribution is -2.30. The normalized spacial score (nSPS) is 9.56. The number of hydrogen-bond acceptors (Lipinski definition) is 1. The van der Waals surface area contributed by atoms with E-state index in [1.165, 1.54) is 0 Å². The third-order valence-electron chi connectivity index (χ3n) is 1.38. The molecule has 0 fully saturated rings. The van der Waals surface area contributed by atoms with Gasteiger partial charge in [-0.3, -0.25) is 0 Å². The lowest BCUT2D eigenvalue weighted by atomic mass is 10.3. The summed E-state index contributed by atoms with van der Waals surface area (Å²) in [6, 6.07) is 3.55. The van der Waals surface area contributed by atoms with Crippen molar-refractivity contribution in [3.05, 3.63) is 24.0 Å². The fourth-order valence-electron chi connectivity index (χ4n) is 0.667. The van der Waals surface area contributed by atoms with Crippen molar-refractivity contribution in [1.82, 2.24) is 0 Å². The van der Waals surface area contributed by atoms with E-state index in [0.29, 0.717) is 5.75 Å². The number of aromatic nitrogens is 1. The van der Waals surface area contributed by atoms with Gasteiger partial charge in [0, 0.05) is 13.0 Å². The maximum absolute atomic E-state index is 8.92. The van der Waals surface area contributed by atoms with E-state index >= 15 is 0 Å². The molecule has 0 amide bonds.